The molecule has 40 heavy (non-hydrogen) atoms. The summed E-state index contributed by atoms with van der Waals surface area (Å²) in [4.78, 5) is 25.7. The lowest BCUT2D eigenvalue weighted by molar-refractivity contribution is -0.868. The Morgan fingerprint density at radius 1 is 1.12 bits per heavy atom. The van der Waals surface area contributed by atoms with Crippen LogP contribution in [0.3, 0.4) is 0 Å². The Balaban J connectivity index is 2.02. The number of quaternary nitrogens is 1. The monoisotopic (exact) mass is 573 g/mol. The number of nitrogens with one attached hydrogen (secondary N) is 1. The number of likely N-dealkylation sites (N-methyl/N-ethyl adjacent to an activating group) is 1. The molecule has 1 heterocycles. The van der Waals surface area contributed by atoms with Gasteiger partial charge in [0.2, 0.25) is 0 Å². The van der Waals surface area contributed by atoms with Crippen molar-refractivity contribution in [3.8, 4) is 11.1 Å². The summed E-state index contributed by atoms with van der Waals surface area (Å²) in [5.74, 6) is -1.10. The lowest BCUT2D eigenvalue weighted by Crippen LogP contribution is -2.62. The lowest BCUT2D eigenvalue weighted by atomic mass is 9.96. The third-order valence-corrected chi connectivity index (χ3v) is 8.65. The second-order valence-electron chi connectivity index (χ2n) is 10.6. The molecule has 0 radical (unpaired) electrons. The van der Waals surface area contributed by atoms with Crippen molar-refractivity contribution in [1.82, 2.24) is 5.16 Å². The summed E-state index contributed by atoms with van der Waals surface area (Å²) >= 11 is 0. The van der Waals surface area contributed by atoms with Gasteiger partial charge in [-0.1, -0.05) is 62.7 Å². The number of nitrogens with two attached hydrogens (primary N) is 1. The van der Waals surface area contributed by atoms with Gasteiger partial charge in [-0.25, -0.2) is 22.1 Å². The maximum atomic E-state index is 15.7. The van der Waals surface area contributed by atoms with E-state index in [9.17, 15) is 18.0 Å². The largest absolute Gasteiger partial charge is 0.364 e. The fourth-order valence-corrected chi connectivity index (χ4v) is 6.35. The first-order valence-corrected chi connectivity index (χ1v) is 14.7. The highest BCUT2D eigenvalue weighted by molar-refractivity contribution is 7.92. The van der Waals surface area contributed by atoms with Gasteiger partial charge in [0.1, 0.15) is 18.1 Å². The molecule has 2 atom stereocenters. The van der Waals surface area contributed by atoms with E-state index >= 15 is 4.39 Å². The van der Waals surface area contributed by atoms with Crippen molar-refractivity contribution in [3.63, 3.8) is 0 Å². The molecule has 3 aromatic rings. The molecule has 0 aliphatic carbocycles. The highest BCUT2D eigenvalue weighted by Crippen LogP contribution is 2.33. The fraction of sp³-hybridized carbons (Fsp3) is 0.414. The van der Waals surface area contributed by atoms with Gasteiger partial charge in [0.05, 0.1) is 18.4 Å². The van der Waals surface area contributed by atoms with Gasteiger partial charge >= 0.3 is 5.91 Å². The molecule has 3 N–H and O–H groups in total. The Bertz CT molecular complexity index is 1500. The number of carbonyl (C=O) groups is 2. The zero-order valence-corrected chi connectivity index (χ0v) is 24.6. The SMILES string of the molecule is CCCCC(=O)[N+](C)(Cc1ccc(-c2ccccc2S(=O)(=O)Nc2noc(C)c2C)c(F)c1)[C@H](C(N)=O)C(C)C. The summed E-state index contributed by atoms with van der Waals surface area (Å²) in [5.41, 5.74) is 6.99. The number of carbonyl (C=O) groups excluding carboxylic acids is 2. The zero-order valence-electron chi connectivity index (χ0n) is 23.8. The summed E-state index contributed by atoms with van der Waals surface area (Å²) < 4.78 is 49.4. The van der Waals surface area contributed by atoms with Gasteiger partial charge in [-0.15, -0.1) is 0 Å². The standard InChI is InChI=1S/C29H37FN4O5S/c1-7-8-13-26(35)34(6,27(18(2)3)28(31)36)17-21-14-15-22(24(30)16-21)23-11-9-10-12-25(23)40(37,38)33-29-19(4)20(5)39-32-29/h9-12,14-16,18,27H,7-8,13,17H2,1-6H3,(H2-,31,32,33,36)/p+1/t27-,34?/m0/s1. The van der Waals surface area contributed by atoms with Crippen molar-refractivity contribution in [2.45, 2.75) is 71.4 Å². The summed E-state index contributed by atoms with van der Waals surface area (Å²) in [6, 6.07) is 9.67. The average molecular weight is 574 g/mol. The predicted octanol–water partition coefficient (Wildman–Crippen LogP) is 5.07. The number of hydrogen-bond acceptors (Lipinski definition) is 6. The molecule has 11 heteroatoms. The first kappa shape index (κ1) is 31.0. The van der Waals surface area contributed by atoms with Crippen LogP contribution in [-0.4, -0.2) is 43.0 Å². The van der Waals surface area contributed by atoms with Crippen molar-refractivity contribution >= 4 is 27.7 Å². The number of primary amides is 1. The van der Waals surface area contributed by atoms with Gasteiger partial charge in [-0.2, -0.15) is 0 Å². The third-order valence-electron chi connectivity index (χ3n) is 7.25. The van der Waals surface area contributed by atoms with Crippen molar-refractivity contribution in [1.29, 1.82) is 0 Å². The van der Waals surface area contributed by atoms with Crippen LogP contribution in [0.15, 0.2) is 51.9 Å². The van der Waals surface area contributed by atoms with E-state index in [1.807, 2.05) is 20.8 Å². The Kier molecular flexibility index (Phi) is 9.52. The maximum Gasteiger partial charge on any atom is 0.314 e. The number of anilines is 1. The molecule has 0 aliphatic rings. The van der Waals surface area contributed by atoms with E-state index in [1.54, 1.807) is 39.1 Å². The number of amides is 2. The van der Waals surface area contributed by atoms with E-state index in [0.717, 1.165) is 6.42 Å². The van der Waals surface area contributed by atoms with E-state index < -0.39 is 27.8 Å². The maximum absolute atomic E-state index is 15.7. The Morgan fingerprint density at radius 2 is 1.80 bits per heavy atom. The molecule has 0 saturated heterocycles. The highest BCUT2D eigenvalue weighted by atomic mass is 32.2. The second kappa shape index (κ2) is 12.3. The van der Waals surface area contributed by atoms with Gasteiger partial charge in [0.25, 0.3) is 15.9 Å². The summed E-state index contributed by atoms with van der Waals surface area (Å²) in [6.45, 7) is 9.03. The minimum atomic E-state index is -4.15. The molecule has 1 unspecified atom stereocenters. The molecule has 0 fully saturated rings. The van der Waals surface area contributed by atoms with Crippen molar-refractivity contribution in [2.24, 2.45) is 11.7 Å². The number of hydrogen-bond donors (Lipinski definition) is 2. The van der Waals surface area contributed by atoms with Crippen LogP contribution in [0.2, 0.25) is 0 Å². The van der Waals surface area contributed by atoms with Crippen LogP contribution in [0.1, 0.15) is 56.9 Å². The van der Waals surface area contributed by atoms with Crippen LogP contribution >= 0.6 is 0 Å². The Hall–Kier alpha value is -3.57. The molecule has 0 saturated carbocycles. The number of aryl methyl sites for hydroxylation is 1. The number of aromatic nitrogens is 1. The van der Waals surface area contributed by atoms with Crippen molar-refractivity contribution < 1.29 is 31.4 Å². The highest BCUT2D eigenvalue weighted by Gasteiger charge is 2.45. The number of sulfonamides is 1. The summed E-state index contributed by atoms with van der Waals surface area (Å²) in [7, 11) is -2.48. The number of rotatable bonds is 12. The van der Waals surface area contributed by atoms with Crippen LogP contribution < -0.4 is 10.5 Å². The number of nitrogens with zero attached hydrogens (tertiary/aromatic N) is 2. The van der Waals surface area contributed by atoms with Gasteiger partial charge < -0.3 is 10.3 Å². The molecule has 216 valence electrons. The van der Waals surface area contributed by atoms with Gasteiger partial charge in [-0.05, 0) is 32.4 Å². The second-order valence-corrected chi connectivity index (χ2v) is 12.3. The van der Waals surface area contributed by atoms with Crippen LogP contribution in [0.25, 0.3) is 11.1 Å². The average Bonchev–Trinajstić information content (AvgIpc) is 3.18. The fourth-order valence-electron chi connectivity index (χ4n) is 5.07. The lowest BCUT2D eigenvalue weighted by Gasteiger charge is -2.39. The summed E-state index contributed by atoms with van der Waals surface area (Å²) in [5, 5.41) is 3.76. The van der Waals surface area contributed by atoms with Crippen molar-refractivity contribution in [3.05, 3.63) is 65.2 Å². The van der Waals surface area contributed by atoms with Gasteiger partial charge in [0.15, 0.2) is 11.9 Å². The van der Waals surface area contributed by atoms with E-state index in [4.69, 9.17) is 10.3 Å². The van der Waals surface area contributed by atoms with E-state index in [2.05, 4.69) is 9.88 Å². The molecule has 2 amide bonds. The third kappa shape index (κ3) is 6.42. The predicted molar refractivity (Wildman–Crippen MR) is 151 cm³/mol. The molecule has 3 rings (SSSR count). The number of unbranched alkanes of at least 4 members (excludes halogenated alkanes) is 1. The van der Waals surface area contributed by atoms with Crippen LogP contribution in [0.4, 0.5) is 10.2 Å². The molecule has 9 nitrogen and oxygen atoms in total. The first-order chi connectivity index (χ1) is 18.7. The topological polar surface area (TPSA) is 132 Å². The van der Waals surface area contributed by atoms with Crippen LogP contribution in [0.5, 0.6) is 0 Å². The minimum absolute atomic E-state index is 0.0534. The van der Waals surface area contributed by atoms with Crippen molar-refractivity contribution in [2.75, 3.05) is 11.8 Å². The number of halogens is 1. The molecule has 0 aliphatic heterocycles. The Labute approximate surface area is 235 Å². The quantitative estimate of drug-likeness (QED) is 0.291. The number of benzene rings is 2. The van der Waals surface area contributed by atoms with E-state index in [1.165, 1.54) is 24.3 Å². The van der Waals surface area contributed by atoms with Gasteiger partial charge in [-0.3, -0.25) is 9.52 Å². The molecule has 0 spiro atoms. The summed E-state index contributed by atoms with van der Waals surface area (Å²) in [6.07, 6.45) is 1.74. The van der Waals surface area contributed by atoms with Crippen LogP contribution in [-0.2, 0) is 26.2 Å². The van der Waals surface area contributed by atoms with Crippen LogP contribution in [0, 0.1) is 25.6 Å². The molecular formula is C29H38FN4O5S+. The van der Waals surface area contributed by atoms with E-state index in [-0.39, 0.29) is 51.1 Å². The normalized spacial score (nSPS) is 14.1. The molecular weight excluding hydrogens is 535 g/mol. The molecule has 0 bridgehead atoms. The van der Waals surface area contributed by atoms with E-state index in [0.29, 0.717) is 23.3 Å². The molecule has 1 aromatic heterocycles. The first-order valence-electron chi connectivity index (χ1n) is 13.2. The smallest absolute Gasteiger partial charge is 0.314 e. The zero-order chi connectivity index (χ0) is 29.8. The van der Waals surface area contributed by atoms with Gasteiger partial charge in [0, 0.05) is 28.2 Å². The minimum Gasteiger partial charge on any atom is -0.364 e. The molecule has 2 aromatic carbocycles. The Morgan fingerprint density at radius 3 is 2.35 bits per heavy atom.